The fraction of sp³-hybridized carbons (Fsp3) is 0.625. The van der Waals surface area contributed by atoms with Crippen molar-refractivity contribution in [3.8, 4) is 0 Å². The molecule has 1 atom stereocenters. The highest BCUT2D eigenvalue weighted by atomic mass is 35.5. The van der Waals surface area contributed by atoms with Gasteiger partial charge in [-0.2, -0.15) is 13.2 Å². The van der Waals surface area contributed by atoms with E-state index < -0.39 is 20.4 Å². The summed E-state index contributed by atoms with van der Waals surface area (Å²) in [5.74, 6) is 0.305. The van der Waals surface area contributed by atoms with Crippen LogP contribution in [0.25, 0.3) is 0 Å². The summed E-state index contributed by atoms with van der Waals surface area (Å²) >= 11 is 0. The summed E-state index contributed by atoms with van der Waals surface area (Å²) in [6.45, 7) is 2.28. The third-order valence-corrected chi connectivity index (χ3v) is 4.09. The molecule has 0 aromatic carbocycles. The zero-order valence-corrected chi connectivity index (χ0v) is 10.9. The molecule has 104 valence electrons. The van der Waals surface area contributed by atoms with Gasteiger partial charge in [-0.05, 0) is 6.92 Å². The molecule has 2 heterocycles. The highest BCUT2D eigenvalue weighted by molar-refractivity contribution is 7.92. The zero-order chi connectivity index (χ0) is 12.8. The summed E-state index contributed by atoms with van der Waals surface area (Å²) in [4.78, 5) is 3.74. The smallest absolute Gasteiger partial charge is 0.316 e. The molecule has 2 rings (SSSR count). The maximum absolute atomic E-state index is 12.4. The first kappa shape index (κ1) is 15.3. The Morgan fingerprint density at radius 3 is 2.67 bits per heavy atom. The Morgan fingerprint density at radius 2 is 2.11 bits per heavy atom. The van der Waals surface area contributed by atoms with Crippen molar-refractivity contribution >= 4 is 22.2 Å². The molecular formula is C8H11ClF3N3O2S. The minimum absolute atomic E-state index is 0. The van der Waals surface area contributed by atoms with Gasteiger partial charge in [0.25, 0.3) is 9.84 Å². The first-order valence-corrected chi connectivity index (χ1v) is 6.33. The van der Waals surface area contributed by atoms with E-state index in [1.807, 2.05) is 0 Å². The van der Waals surface area contributed by atoms with Crippen LogP contribution in [0.5, 0.6) is 0 Å². The van der Waals surface area contributed by atoms with Crippen LogP contribution < -0.4 is 5.32 Å². The molecule has 1 N–H and O–H groups in total. The maximum Gasteiger partial charge on any atom is 0.503 e. The van der Waals surface area contributed by atoms with Crippen LogP contribution in [0, 0.1) is 0 Å². The van der Waals surface area contributed by atoms with E-state index in [9.17, 15) is 21.6 Å². The summed E-state index contributed by atoms with van der Waals surface area (Å²) in [5.41, 5.74) is -5.29. The van der Waals surface area contributed by atoms with E-state index in [1.165, 1.54) is 0 Å². The van der Waals surface area contributed by atoms with Crippen molar-refractivity contribution in [2.45, 2.75) is 30.0 Å². The molecule has 0 fully saturated rings. The van der Waals surface area contributed by atoms with Crippen molar-refractivity contribution in [2.75, 3.05) is 6.54 Å². The van der Waals surface area contributed by atoms with Gasteiger partial charge in [0.2, 0.25) is 0 Å². The second-order valence-electron chi connectivity index (χ2n) is 3.73. The summed E-state index contributed by atoms with van der Waals surface area (Å²) in [5, 5.41) is 2.20. The lowest BCUT2D eigenvalue weighted by Gasteiger charge is -2.23. The Morgan fingerprint density at radius 1 is 1.50 bits per heavy atom. The van der Waals surface area contributed by atoms with E-state index >= 15 is 0 Å². The second-order valence-corrected chi connectivity index (χ2v) is 5.62. The number of nitrogens with one attached hydrogen (secondary N) is 1. The number of hydrogen-bond donors (Lipinski definition) is 1. The summed E-state index contributed by atoms with van der Waals surface area (Å²) < 4.78 is 60.9. The average molecular weight is 306 g/mol. The molecule has 0 amide bonds. The summed E-state index contributed by atoms with van der Waals surface area (Å²) in [6.07, 6.45) is 0.766. The number of aromatic nitrogens is 2. The molecular weight excluding hydrogens is 295 g/mol. The molecule has 1 aromatic rings. The van der Waals surface area contributed by atoms with Gasteiger partial charge in [0.15, 0.2) is 5.03 Å². The molecule has 1 aromatic heterocycles. The predicted molar refractivity (Wildman–Crippen MR) is 59.1 cm³/mol. The lowest BCUT2D eigenvalue weighted by atomic mass is 10.2. The van der Waals surface area contributed by atoms with Gasteiger partial charge in [-0.15, -0.1) is 12.4 Å². The number of hydrogen-bond acceptors (Lipinski definition) is 4. The van der Waals surface area contributed by atoms with Crippen LogP contribution in [0.15, 0.2) is 11.2 Å². The van der Waals surface area contributed by atoms with Crippen molar-refractivity contribution in [3.05, 3.63) is 12.0 Å². The monoisotopic (exact) mass is 305 g/mol. The third-order valence-electron chi connectivity index (χ3n) is 2.60. The topological polar surface area (TPSA) is 64.0 Å². The van der Waals surface area contributed by atoms with Gasteiger partial charge in [-0.1, -0.05) is 0 Å². The molecule has 1 aliphatic rings. The number of imidazole rings is 1. The lowest BCUT2D eigenvalue weighted by Crippen LogP contribution is -2.34. The summed E-state index contributed by atoms with van der Waals surface area (Å²) in [7, 11) is -5.33. The quantitative estimate of drug-likeness (QED) is 0.848. The van der Waals surface area contributed by atoms with Gasteiger partial charge >= 0.3 is 5.51 Å². The molecule has 5 nitrogen and oxygen atoms in total. The van der Waals surface area contributed by atoms with Gasteiger partial charge in [0.1, 0.15) is 5.82 Å². The Bertz CT molecular complexity index is 540. The molecule has 0 saturated heterocycles. The highest BCUT2D eigenvalue weighted by Crippen LogP contribution is 2.32. The van der Waals surface area contributed by atoms with Crippen LogP contribution in [-0.4, -0.2) is 30.0 Å². The van der Waals surface area contributed by atoms with Gasteiger partial charge in [-0.3, -0.25) is 0 Å². The first-order valence-electron chi connectivity index (χ1n) is 4.85. The molecule has 1 aliphatic heterocycles. The Labute approximate surface area is 108 Å². The van der Waals surface area contributed by atoms with Crippen molar-refractivity contribution in [1.29, 1.82) is 0 Å². The predicted octanol–water partition coefficient (Wildman–Crippen LogP) is 1.26. The van der Waals surface area contributed by atoms with Crippen molar-refractivity contribution in [1.82, 2.24) is 14.9 Å². The number of sulfone groups is 1. The largest absolute Gasteiger partial charge is 0.503 e. The Balaban J connectivity index is 0.00000162. The highest BCUT2D eigenvalue weighted by Gasteiger charge is 2.49. The third kappa shape index (κ3) is 2.21. The zero-order valence-electron chi connectivity index (χ0n) is 9.23. The van der Waals surface area contributed by atoms with Crippen molar-refractivity contribution < 1.29 is 21.6 Å². The van der Waals surface area contributed by atoms with Gasteiger partial charge in [0, 0.05) is 13.1 Å². The summed E-state index contributed by atoms with van der Waals surface area (Å²) in [6, 6.07) is -0.263. The SMILES string of the molecule is CC1NCCn2c(S(=O)(=O)C(F)(F)F)cnc21.Cl. The maximum atomic E-state index is 12.4. The molecule has 10 heteroatoms. The lowest BCUT2D eigenvalue weighted by molar-refractivity contribution is -0.0440. The average Bonchev–Trinajstić information content (AvgIpc) is 2.61. The Hall–Kier alpha value is -0.800. The van der Waals surface area contributed by atoms with Crippen LogP contribution in [0.1, 0.15) is 18.8 Å². The number of rotatable bonds is 1. The molecule has 0 spiro atoms. The van der Waals surface area contributed by atoms with Crippen LogP contribution >= 0.6 is 12.4 Å². The Kier molecular flexibility index (Phi) is 3.99. The fourth-order valence-electron chi connectivity index (χ4n) is 1.76. The normalized spacial score (nSPS) is 20.1. The van der Waals surface area contributed by atoms with Crippen molar-refractivity contribution in [3.63, 3.8) is 0 Å². The number of fused-ring (bicyclic) bond motifs is 1. The fourth-order valence-corrected chi connectivity index (χ4v) is 2.66. The van der Waals surface area contributed by atoms with E-state index in [4.69, 9.17) is 0 Å². The van der Waals surface area contributed by atoms with E-state index in [2.05, 4.69) is 10.3 Å². The second kappa shape index (κ2) is 4.71. The molecule has 0 bridgehead atoms. The van der Waals surface area contributed by atoms with Gasteiger partial charge in [-0.25, -0.2) is 13.4 Å². The number of halogens is 4. The molecule has 18 heavy (non-hydrogen) atoms. The van der Waals surface area contributed by atoms with E-state index in [0.29, 0.717) is 12.4 Å². The minimum Gasteiger partial charge on any atom is -0.316 e. The molecule has 0 aliphatic carbocycles. The van der Waals surface area contributed by atoms with Crippen LogP contribution in [0.2, 0.25) is 0 Å². The van der Waals surface area contributed by atoms with Gasteiger partial charge in [0.05, 0.1) is 12.2 Å². The van der Waals surface area contributed by atoms with E-state index in [0.717, 1.165) is 10.8 Å². The van der Waals surface area contributed by atoms with Gasteiger partial charge < -0.3 is 9.88 Å². The standard InChI is InChI=1S/C8H10F3N3O2S.ClH/c1-5-7-13-4-6(14(7)3-2-12-5)17(15,16)8(9,10)11;/h4-5,12H,2-3H2,1H3;1H. The van der Waals surface area contributed by atoms with Crippen molar-refractivity contribution in [2.24, 2.45) is 0 Å². The number of alkyl halides is 3. The first-order chi connectivity index (χ1) is 7.75. The molecule has 1 unspecified atom stereocenters. The van der Waals surface area contributed by atoms with E-state index in [-0.39, 0.29) is 25.0 Å². The van der Waals surface area contributed by atoms with E-state index in [1.54, 1.807) is 6.92 Å². The van der Waals surface area contributed by atoms with Crippen LogP contribution in [0.3, 0.4) is 0 Å². The van der Waals surface area contributed by atoms with Crippen LogP contribution in [-0.2, 0) is 16.4 Å². The minimum atomic E-state index is -5.33. The molecule has 0 radical (unpaired) electrons. The van der Waals surface area contributed by atoms with Crippen LogP contribution in [0.4, 0.5) is 13.2 Å². The molecule has 0 saturated carbocycles. The number of nitrogens with zero attached hydrogens (tertiary/aromatic N) is 2.